The number of esters is 1. The first kappa shape index (κ1) is 32.4. The zero-order valence-corrected chi connectivity index (χ0v) is 27.1. The van der Waals surface area contributed by atoms with Crippen LogP contribution in [0, 0.1) is 5.92 Å². The molecule has 0 radical (unpaired) electrons. The summed E-state index contributed by atoms with van der Waals surface area (Å²) >= 11 is 0. The molecule has 246 valence electrons. The Bertz CT molecular complexity index is 1510. The lowest BCUT2D eigenvalue weighted by atomic mass is 9.92. The highest BCUT2D eigenvalue weighted by Crippen LogP contribution is 2.29. The molecule has 3 aromatic rings. The summed E-state index contributed by atoms with van der Waals surface area (Å²) in [5, 5.41) is 0. The van der Waals surface area contributed by atoms with Crippen molar-refractivity contribution in [2.24, 2.45) is 5.92 Å². The second kappa shape index (κ2) is 14.9. The highest BCUT2D eigenvalue weighted by Gasteiger charge is 2.35. The van der Waals surface area contributed by atoms with Crippen LogP contribution < -0.4 is 0 Å². The molecule has 10 heteroatoms. The van der Waals surface area contributed by atoms with Crippen LogP contribution in [-0.4, -0.2) is 113 Å². The molecule has 47 heavy (non-hydrogen) atoms. The Balaban J connectivity index is 1.05. The lowest BCUT2D eigenvalue weighted by Gasteiger charge is -2.43. The fourth-order valence-electron chi connectivity index (χ4n) is 7.01. The number of hydrogen-bond donors (Lipinski definition) is 0. The van der Waals surface area contributed by atoms with Gasteiger partial charge in [0.2, 0.25) is 5.91 Å². The van der Waals surface area contributed by atoms with E-state index < -0.39 is 5.97 Å². The molecule has 10 nitrogen and oxygen atoms in total. The summed E-state index contributed by atoms with van der Waals surface area (Å²) < 4.78 is 4.84. The Morgan fingerprint density at radius 3 is 1.87 bits per heavy atom. The van der Waals surface area contributed by atoms with Crippen LogP contribution >= 0.6 is 0 Å². The van der Waals surface area contributed by atoms with E-state index >= 15 is 0 Å². The molecule has 2 aromatic carbocycles. The van der Waals surface area contributed by atoms with E-state index in [2.05, 4.69) is 4.90 Å². The third-order valence-corrected chi connectivity index (χ3v) is 9.62. The third-order valence-electron chi connectivity index (χ3n) is 9.62. The molecular formula is C37H43N5O5. The molecule has 3 aliphatic heterocycles. The Morgan fingerprint density at radius 2 is 1.30 bits per heavy atom. The SMILES string of the molecule is CC(=O)OCC(=O)N1CCN(C(=O)[C@@H]2CCCN(C3CCN(C(=O)c4cc(-c5ccccc5)nc(-c5ccccc5)c4)CC3)C2)CC1. The number of pyridine rings is 1. The lowest BCUT2D eigenvalue weighted by Crippen LogP contribution is -2.55. The molecule has 3 saturated heterocycles. The van der Waals surface area contributed by atoms with E-state index in [1.54, 1.807) is 4.90 Å². The third kappa shape index (κ3) is 7.88. The van der Waals surface area contributed by atoms with Gasteiger partial charge in [0.05, 0.1) is 17.3 Å². The van der Waals surface area contributed by atoms with Crippen LogP contribution in [0.25, 0.3) is 22.5 Å². The molecule has 4 heterocycles. The summed E-state index contributed by atoms with van der Waals surface area (Å²) in [6.07, 6.45) is 3.58. The fraction of sp³-hybridized carbons (Fsp3) is 0.432. The Morgan fingerprint density at radius 1 is 0.723 bits per heavy atom. The molecule has 1 atom stereocenters. The average molecular weight is 638 g/mol. The van der Waals surface area contributed by atoms with Gasteiger partial charge >= 0.3 is 5.97 Å². The minimum Gasteiger partial charge on any atom is -0.456 e. The van der Waals surface area contributed by atoms with Crippen LogP contribution in [0.15, 0.2) is 72.8 Å². The van der Waals surface area contributed by atoms with E-state index in [1.165, 1.54) is 6.92 Å². The quantitative estimate of drug-likeness (QED) is 0.362. The van der Waals surface area contributed by atoms with Gasteiger partial charge in [0.25, 0.3) is 11.8 Å². The zero-order chi connectivity index (χ0) is 32.8. The summed E-state index contributed by atoms with van der Waals surface area (Å²) in [6.45, 7) is 5.96. The number of carbonyl (C=O) groups excluding carboxylic acids is 4. The molecule has 0 N–H and O–H groups in total. The second-order valence-corrected chi connectivity index (χ2v) is 12.7. The number of aromatic nitrogens is 1. The zero-order valence-electron chi connectivity index (χ0n) is 27.1. The van der Waals surface area contributed by atoms with Crippen molar-refractivity contribution in [1.29, 1.82) is 0 Å². The minimum atomic E-state index is -0.477. The van der Waals surface area contributed by atoms with Crippen LogP contribution in [0.4, 0.5) is 0 Å². The Hall–Kier alpha value is -4.57. The van der Waals surface area contributed by atoms with E-state index in [4.69, 9.17) is 9.72 Å². The van der Waals surface area contributed by atoms with Crippen LogP contribution in [0.3, 0.4) is 0 Å². The number of carbonyl (C=O) groups is 4. The van der Waals surface area contributed by atoms with E-state index in [-0.39, 0.29) is 30.2 Å². The van der Waals surface area contributed by atoms with Crippen LogP contribution in [0.1, 0.15) is 43.0 Å². The van der Waals surface area contributed by atoms with Crippen molar-refractivity contribution >= 4 is 23.7 Å². The van der Waals surface area contributed by atoms with Gasteiger partial charge in [-0.1, -0.05) is 60.7 Å². The number of piperidine rings is 2. The maximum absolute atomic E-state index is 13.9. The van der Waals surface area contributed by atoms with Crippen LogP contribution in [0.2, 0.25) is 0 Å². The maximum atomic E-state index is 13.9. The van der Waals surface area contributed by atoms with Crippen molar-refractivity contribution in [3.63, 3.8) is 0 Å². The molecule has 1 aromatic heterocycles. The van der Waals surface area contributed by atoms with Crippen molar-refractivity contribution < 1.29 is 23.9 Å². The van der Waals surface area contributed by atoms with Gasteiger partial charge in [-0.05, 0) is 44.4 Å². The van der Waals surface area contributed by atoms with Gasteiger partial charge < -0.3 is 19.4 Å². The van der Waals surface area contributed by atoms with Crippen molar-refractivity contribution in [2.45, 2.75) is 38.6 Å². The number of amides is 3. The van der Waals surface area contributed by atoms with E-state index in [1.807, 2.05) is 82.6 Å². The second-order valence-electron chi connectivity index (χ2n) is 12.7. The molecule has 3 aliphatic rings. The van der Waals surface area contributed by atoms with Gasteiger partial charge in [0.1, 0.15) is 0 Å². The topological polar surface area (TPSA) is 103 Å². The first-order valence-electron chi connectivity index (χ1n) is 16.7. The summed E-state index contributed by atoms with van der Waals surface area (Å²) in [5.74, 6) is -0.572. The number of rotatable bonds is 7. The predicted molar refractivity (Wildman–Crippen MR) is 178 cm³/mol. The maximum Gasteiger partial charge on any atom is 0.303 e. The number of ether oxygens (including phenoxy) is 1. The highest BCUT2D eigenvalue weighted by molar-refractivity contribution is 5.96. The number of likely N-dealkylation sites (tertiary alicyclic amines) is 2. The van der Waals surface area contributed by atoms with Gasteiger partial charge in [-0.15, -0.1) is 0 Å². The molecule has 0 bridgehead atoms. The summed E-state index contributed by atoms with van der Waals surface area (Å²) in [4.78, 5) is 63.6. The average Bonchev–Trinajstić information content (AvgIpc) is 3.14. The summed E-state index contributed by atoms with van der Waals surface area (Å²) in [5.41, 5.74) is 4.16. The van der Waals surface area contributed by atoms with Crippen LogP contribution in [-0.2, 0) is 19.1 Å². The van der Waals surface area contributed by atoms with Gasteiger partial charge in [-0.3, -0.25) is 24.1 Å². The van der Waals surface area contributed by atoms with E-state index in [0.29, 0.717) is 50.9 Å². The number of benzene rings is 2. The van der Waals surface area contributed by atoms with Crippen LogP contribution in [0.5, 0.6) is 0 Å². The minimum absolute atomic E-state index is 0.0254. The Labute approximate surface area is 276 Å². The van der Waals surface area contributed by atoms with E-state index in [0.717, 1.165) is 61.3 Å². The molecule has 0 aliphatic carbocycles. The smallest absolute Gasteiger partial charge is 0.303 e. The fourth-order valence-corrected chi connectivity index (χ4v) is 7.01. The van der Waals surface area contributed by atoms with Crippen molar-refractivity contribution in [3.05, 3.63) is 78.4 Å². The van der Waals surface area contributed by atoms with E-state index in [9.17, 15) is 19.2 Å². The largest absolute Gasteiger partial charge is 0.456 e. The predicted octanol–water partition coefficient (Wildman–Crippen LogP) is 3.97. The van der Waals surface area contributed by atoms with Gasteiger partial charge in [-0.25, -0.2) is 4.98 Å². The molecule has 0 saturated carbocycles. The molecule has 6 rings (SSSR count). The standard InChI is InChI=1S/C37H43N5O5/c1-27(43)47-26-35(44)39-19-21-41(22-20-39)36(45)30-13-8-16-42(25-30)32-14-17-40(18-15-32)37(46)31-23-33(28-9-4-2-5-10-28)38-34(24-31)29-11-6-3-7-12-29/h2-7,9-12,23-24,30,32H,8,13-22,25-26H2,1H3/t30-/m1/s1. The molecule has 3 amide bonds. The number of piperazine rings is 1. The normalized spacial score (nSPS) is 19.3. The lowest BCUT2D eigenvalue weighted by molar-refractivity contribution is -0.152. The Kier molecular flexibility index (Phi) is 10.3. The summed E-state index contributed by atoms with van der Waals surface area (Å²) in [7, 11) is 0. The highest BCUT2D eigenvalue weighted by atomic mass is 16.5. The monoisotopic (exact) mass is 637 g/mol. The molecule has 0 unspecified atom stereocenters. The van der Waals surface area contributed by atoms with Crippen molar-refractivity contribution in [1.82, 2.24) is 24.6 Å². The first-order valence-corrected chi connectivity index (χ1v) is 16.7. The molecular weight excluding hydrogens is 594 g/mol. The molecule has 0 spiro atoms. The van der Waals surface area contributed by atoms with Gasteiger partial charge in [0, 0.05) is 75.5 Å². The van der Waals surface area contributed by atoms with Gasteiger partial charge in [0.15, 0.2) is 6.61 Å². The molecule has 3 fully saturated rings. The number of nitrogens with zero attached hydrogens (tertiary/aromatic N) is 5. The van der Waals surface area contributed by atoms with Crippen molar-refractivity contribution in [2.75, 3.05) is 59.0 Å². The van der Waals surface area contributed by atoms with Crippen molar-refractivity contribution in [3.8, 4) is 22.5 Å². The number of hydrogen-bond acceptors (Lipinski definition) is 7. The summed E-state index contributed by atoms with van der Waals surface area (Å²) in [6, 6.07) is 24.1. The van der Waals surface area contributed by atoms with Gasteiger partial charge in [-0.2, -0.15) is 0 Å². The first-order chi connectivity index (χ1) is 22.9.